The van der Waals surface area contributed by atoms with Crippen molar-refractivity contribution in [1.82, 2.24) is 24.8 Å². The maximum Gasteiger partial charge on any atom is 0.490 e. The van der Waals surface area contributed by atoms with Crippen LogP contribution in [0.3, 0.4) is 0 Å². The van der Waals surface area contributed by atoms with Crippen LogP contribution in [0, 0.1) is 5.82 Å². The highest BCUT2D eigenvalue weighted by molar-refractivity contribution is 5.93. The summed E-state index contributed by atoms with van der Waals surface area (Å²) in [7, 11) is 0. The van der Waals surface area contributed by atoms with E-state index < -0.39 is 23.9 Å². The van der Waals surface area contributed by atoms with Gasteiger partial charge in [-0.25, -0.2) is 19.2 Å². The summed E-state index contributed by atoms with van der Waals surface area (Å²) >= 11 is 0. The second-order valence-electron chi connectivity index (χ2n) is 6.75. The summed E-state index contributed by atoms with van der Waals surface area (Å²) in [6.07, 6.45) is -0.821. The fourth-order valence-corrected chi connectivity index (χ4v) is 2.91. The van der Waals surface area contributed by atoms with E-state index in [1.165, 1.54) is 30.7 Å². The van der Waals surface area contributed by atoms with E-state index >= 15 is 0 Å². The number of hydrogen-bond donors (Lipinski definition) is 3. The zero-order chi connectivity index (χ0) is 25.6. The Bertz CT molecular complexity index is 1340. The summed E-state index contributed by atoms with van der Waals surface area (Å²) in [6, 6.07) is 8.17. The third-order valence-electron chi connectivity index (χ3n) is 4.40. The first-order valence-corrected chi connectivity index (χ1v) is 9.91. The smallest absolute Gasteiger partial charge is 0.475 e. The number of hydrazine groups is 1. The van der Waals surface area contributed by atoms with Gasteiger partial charge in [-0.3, -0.25) is 20.6 Å². The first-order valence-electron chi connectivity index (χ1n) is 9.91. The molecule has 0 aliphatic carbocycles. The molecule has 0 radical (unpaired) electrons. The summed E-state index contributed by atoms with van der Waals surface area (Å²) in [6.45, 7) is 2.89. The second-order valence-corrected chi connectivity index (χ2v) is 6.75. The molecule has 4 aromatic rings. The number of ether oxygens (including phenoxy) is 1. The SMILES string of the molecule is CCOCc1ccc2c(NNC(=O)c3cnccn3)nc3cc(F)ccc3n12.O=C(O)C(F)(F)F. The van der Waals surface area contributed by atoms with E-state index in [1.807, 2.05) is 23.5 Å². The third-order valence-corrected chi connectivity index (χ3v) is 4.40. The monoisotopic (exact) mass is 494 g/mol. The fraction of sp³-hybridized carbons (Fsp3) is 0.190. The number of nitrogens with one attached hydrogen (secondary N) is 2. The lowest BCUT2D eigenvalue weighted by molar-refractivity contribution is -0.192. The van der Waals surface area contributed by atoms with Gasteiger partial charge in [0.15, 0.2) is 5.82 Å². The van der Waals surface area contributed by atoms with Crippen molar-refractivity contribution in [3.63, 3.8) is 0 Å². The number of carbonyl (C=O) groups is 2. The molecule has 3 N–H and O–H groups in total. The average Bonchev–Trinajstić information content (AvgIpc) is 3.25. The molecule has 0 atom stereocenters. The number of fused-ring (bicyclic) bond motifs is 3. The average molecular weight is 494 g/mol. The summed E-state index contributed by atoms with van der Waals surface area (Å²) in [5.74, 6) is -3.24. The number of anilines is 1. The number of aromatic nitrogens is 4. The zero-order valence-corrected chi connectivity index (χ0v) is 18.0. The number of carboxylic acids is 1. The molecule has 1 amide bonds. The highest BCUT2D eigenvalue weighted by Crippen LogP contribution is 2.25. The molecule has 0 bridgehead atoms. The number of nitrogens with zero attached hydrogens (tertiary/aromatic N) is 4. The largest absolute Gasteiger partial charge is 0.490 e. The standard InChI is InChI=1S/C19H17FN6O2.C2HF3O2/c1-2-28-11-13-4-6-17-18(24-25-19(27)15-10-21-7-8-22-15)23-14-9-12(20)3-5-16(14)26(13)17;3-2(4,5)1(6)7/h3-10H,2,11H2,1H3,(H,23,24)(H,25,27);(H,6,7). The minimum absolute atomic E-state index is 0.158. The molecule has 4 rings (SSSR count). The molecule has 0 aliphatic heterocycles. The molecule has 0 saturated heterocycles. The van der Waals surface area contributed by atoms with Crippen molar-refractivity contribution < 1.29 is 37.0 Å². The molecule has 0 fully saturated rings. The molecular formula is C21H18F4N6O4. The van der Waals surface area contributed by atoms with Crippen LogP contribution in [0.5, 0.6) is 0 Å². The van der Waals surface area contributed by atoms with E-state index in [9.17, 15) is 22.4 Å². The number of carboxylic acid groups (broad SMARTS) is 1. The normalized spacial score (nSPS) is 11.1. The lowest BCUT2D eigenvalue weighted by Crippen LogP contribution is -2.30. The van der Waals surface area contributed by atoms with Gasteiger partial charge in [0.2, 0.25) is 0 Å². The predicted octanol–water partition coefficient (Wildman–Crippen LogP) is 3.34. The van der Waals surface area contributed by atoms with Crippen molar-refractivity contribution in [2.75, 3.05) is 12.0 Å². The lowest BCUT2D eigenvalue weighted by atomic mass is 10.2. The van der Waals surface area contributed by atoms with Gasteiger partial charge in [-0.15, -0.1) is 0 Å². The molecule has 14 heteroatoms. The van der Waals surface area contributed by atoms with E-state index in [1.54, 1.807) is 6.07 Å². The van der Waals surface area contributed by atoms with Gasteiger partial charge in [0.05, 0.1) is 29.4 Å². The van der Waals surface area contributed by atoms with Gasteiger partial charge >= 0.3 is 12.1 Å². The van der Waals surface area contributed by atoms with Crippen LogP contribution >= 0.6 is 0 Å². The number of amides is 1. The van der Waals surface area contributed by atoms with Gasteiger partial charge in [0.1, 0.15) is 11.5 Å². The van der Waals surface area contributed by atoms with Crippen molar-refractivity contribution in [3.05, 3.63) is 66.1 Å². The summed E-state index contributed by atoms with van der Waals surface area (Å²) in [5, 5.41) is 7.12. The number of alkyl halides is 3. The Hall–Kier alpha value is -4.33. The fourth-order valence-electron chi connectivity index (χ4n) is 2.91. The van der Waals surface area contributed by atoms with Gasteiger partial charge in [-0.2, -0.15) is 13.2 Å². The van der Waals surface area contributed by atoms with E-state index in [-0.39, 0.29) is 5.69 Å². The Morgan fingerprint density at radius 3 is 2.49 bits per heavy atom. The van der Waals surface area contributed by atoms with Crippen LogP contribution in [0.4, 0.5) is 23.4 Å². The first kappa shape index (κ1) is 25.3. The zero-order valence-electron chi connectivity index (χ0n) is 18.0. The number of aliphatic carboxylic acids is 1. The maximum absolute atomic E-state index is 13.8. The van der Waals surface area contributed by atoms with Crippen molar-refractivity contribution in [2.24, 2.45) is 0 Å². The Balaban J connectivity index is 0.000000429. The van der Waals surface area contributed by atoms with Crippen molar-refractivity contribution in [2.45, 2.75) is 19.7 Å². The molecule has 3 aromatic heterocycles. The molecule has 3 heterocycles. The molecule has 0 spiro atoms. The van der Waals surface area contributed by atoms with E-state index in [0.717, 1.165) is 11.2 Å². The molecule has 184 valence electrons. The molecule has 0 unspecified atom stereocenters. The lowest BCUT2D eigenvalue weighted by Gasteiger charge is -2.13. The Morgan fingerprint density at radius 1 is 1.14 bits per heavy atom. The topological polar surface area (TPSA) is 131 Å². The van der Waals surface area contributed by atoms with Crippen LogP contribution < -0.4 is 10.9 Å². The predicted molar refractivity (Wildman–Crippen MR) is 115 cm³/mol. The van der Waals surface area contributed by atoms with Gasteiger partial charge in [0.25, 0.3) is 5.91 Å². The van der Waals surface area contributed by atoms with Gasteiger partial charge in [0, 0.05) is 30.8 Å². The summed E-state index contributed by atoms with van der Waals surface area (Å²) in [5.41, 5.74) is 8.29. The van der Waals surface area contributed by atoms with Gasteiger partial charge in [-0.1, -0.05) is 0 Å². The van der Waals surface area contributed by atoms with Gasteiger partial charge < -0.3 is 14.2 Å². The number of halogens is 4. The minimum atomic E-state index is -5.08. The van der Waals surface area contributed by atoms with E-state index in [4.69, 9.17) is 14.6 Å². The highest BCUT2D eigenvalue weighted by atomic mass is 19.4. The second kappa shape index (κ2) is 10.7. The van der Waals surface area contributed by atoms with Crippen molar-refractivity contribution in [3.8, 4) is 0 Å². The van der Waals surface area contributed by atoms with E-state index in [2.05, 4.69) is 25.8 Å². The number of benzene rings is 1. The Labute approximate surface area is 194 Å². The number of rotatable bonds is 6. The van der Waals surface area contributed by atoms with Crippen LogP contribution in [0.15, 0.2) is 48.9 Å². The Morgan fingerprint density at radius 2 is 1.86 bits per heavy atom. The third kappa shape index (κ3) is 6.17. The number of hydrogen-bond acceptors (Lipinski definition) is 7. The first-order chi connectivity index (χ1) is 16.6. The highest BCUT2D eigenvalue weighted by Gasteiger charge is 2.38. The van der Waals surface area contributed by atoms with Gasteiger partial charge in [-0.05, 0) is 31.2 Å². The Kier molecular flexibility index (Phi) is 7.76. The van der Waals surface area contributed by atoms with Crippen LogP contribution in [0.25, 0.3) is 16.6 Å². The molecule has 1 aromatic carbocycles. The van der Waals surface area contributed by atoms with Crippen LogP contribution in [0.2, 0.25) is 0 Å². The van der Waals surface area contributed by atoms with Crippen LogP contribution in [0.1, 0.15) is 23.1 Å². The molecule has 0 saturated carbocycles. The molecule has 10 nitrogen and oxygen atoms in total. The van der Waals surface area contributed by atoms with Crippen molar-refractivity contribution >= 4 is 34.2 Å². The van der Waals surface area contributed by atoms with Crippen LogP contribution in [-0.2, 0) is 16.1 Å². The minimum Gasteiger partial charge on any atom is -0.475 e. The molecule has 35 heavy (non-hydrogen) atoms. The maximum atomic E-state index is 13.8. The number of carbonyl (C=O) groups excluding carboxylic acids is 1. The van der Waals surface area contributed by atoms with E-state index in [0.29, 0.717) is 30.1 Å². The summed E-state index contributed by atoms with van der Waals surface area (Å²) in [4.78, 5) is 33.4. The summed E-state index contributed by atoms with van der Waals surface area (Å²) < 4.78 is 52.9. The quantitative estimate of drug-likeness (QED) is 0.275. The molecular weight excluding hydrogens is 476 g/mol. The molecule has 0 aliphatic rings. The van der Waals surface area contributed by atoms with Crippen LogP contribution in [-0.4, -0.2) is 49.1 Å². The van der Waals surface area contributed by atoms with Crippen molar-refractivity contribution in [1.29, 1.82) is 0 Å².